The summed E-state index contributed by atoms with van der Waals surface area (Å²) < 4.78 is 25.6. The highest BCUT2D eigenvalue weighted by molar-refractivity contribution is 14.0. The summed E-state index contributed by atoms with van der Waals surface area (Å²) in [5.74, 6) is 1.26. The summed E-state index contributed by atoms with van der Waals surface area (Å²) in [5.41, 5.74) is -0.590. The standard InChI is InChI=1S/C18H39N5O2S.HI/c1-15(2)16(23-11-9-7-8-10-12-23)13-20-17(19-5)21-14-18(3,4)22-26(6,24)25;/h15-16,22H,7-14H2,1-6H3,(H2,19,20,21);1H. The van der Waals surface area contributed by atoms with Crippen molar-refractivity contribution in [3.05, 3.63) is 0 Å². The highest BCUT2D eigenvalue weighted by Gasteiger charge is 2.24. The second kappa shape index (κ2) is 12.4. The van der Waals surface area contributed by atoms with Crippen LogP contribution < -0.4 is 15.4 Å². The Balaban J connectivity index is 0.00000676. The molecular formula is C18H40IN5O2S. The Kier molecular flexibility index (Phi) is 12.4. The Morgan fingerprint density at radius 3 is 2.11 bits per heavy atom. The normalized spacial score (nSPS) is 18.6. The van der Waals surface area contributed by atoms with Gasteiger partial charge in [-0.1, -0.05) is 26.7 Å². The summed E-state index contributed by atoms with van der Waals surface area (Å²) in [6.45, 7) is 11.9. The van der Waals surface area contributed by atoms with Crippen LogP contribution in [0.1, 0.15) is 53.4 Å². The largest absolute Gasteiger partial charge is 0.355 e. The maximum atomic E-state index is 11.5. The van der Waals surface area contributed by atoms with Crippen LogP contribution in [0.3, 0.4) is 0 Å². The molecule has 9 heteroatoms. The Bertz CT molecular complexity index is 544. The molecule has 1 saturated heterocycles. The second-order valence-electron chi connectivity index (χ2n) is 8.33. The van der Waals surface area contributed by atoms with Crippen molar-refractivity contribution in [2.45, 2.75) is 65.0 Å². The molecule has 0 saturated carbocycles. The van der Waals surface area contributed by atoms with E-state index in [9.17, 15) is 8.42 Å². The molecule has 0 aliphatic carbocycles. The van der Waals surface area contributed by atoms with Crippen molar-refractivity contribution in [2.75, 3.05) is 39.5 Å². The van der Waals surface area contributed by atoms with Gasteiger partial charge in [-0.15, -0.1) is 24.0 Å². The van der Waals surface area contributed by atoms with Crippen molar-refractivity contribution in [1.82, 2.24) is 20.3 Å². The van der Waals surface area contributed by atoms with Gasteiger partial charge in [-0.3, -0.25) is 9.89 Å². The molecule has 0 bridgehead atoms. The molecule has 0 aromatic carbocycles. The van der Waals surface area contributed by atoms with Crippen LogP contribution in [0.5, 0.6) is 0 Å². The lowest BCUT2D eigenvalue weighted by Crippen LogP contribution is -2.54. The number of nitrogens with zero attached hydrogens (tertiary/aromatic N) is 2. The molecule has 0 radical (unpaired) electrons. The number of guanidine groups is 1. The summed E-state index contributed by atoms with van der Waals surface area (Å²) in [6, 6.07) is 0.466. The van der Waals surface area contributed by atoms with Gasteiger partial charge < -0.3 is 10.6 Å². The summed E-state index contributed by atoms with van der Waals surface area (Å²) in [6.07, 6.45) is 6.40. The number of sulfonamides is 1. The summed E-state index contributed by atoms with van der Waals surface area (Å²) in [4.78, 5) is 6.89. The molecular weight excluding hydrogens is 477 g/mol. The van der Waals surface area contributed by atoms with Crippen molar-refractivity contribution in [2.24, 2.45) is 10.9 Å². The van der Waals surface area contributed by atoms with Gasteiger partial charge in [0, 0.05) is 31.7 Å². The number of rotatable bonds is 8. The lowest BCUT2D eigenvalue weighted by Gasteiger charge is -2.34. The Morgan fingerprint density at radius 1 is 1.11 bits per heavy atom. The van der Waals surface area contributed by atoms with E-state index >= 15 is 0 Å². The first-order valence-corrected chi connectivity index (χ1v) is 11.6. The first kappa shape index (κ1) is 26.9. The molecule has 1 aliphatic rings. The molecule has 3 N–H and O–H groups in total. The fourth-order valence-electron chi connectivity index (χ4n) is 3.48. The zero-order valence-corrected chi connectivity index (χ0v) is 21.0. The van der Waals surface area contributed by atoms with Gasteiger partial charge in [-0.25, -0.2) is 13.1 Å². The minimum atomic E-state index is -3.25. The molecule has 0 aromatic heterocycles. The number of hydrogen-bond acceptors (Lipinski definition) is 4. The molecule has 1 rings (SSSR count). The molecule has 1 unspecified atom stereocenters. The van der Waals surface area contributed by atoms with Crippen LogP contribution in [-0.2, 0) is 10.0 Å². The van der Waals surface area contributed by atoms with Crippen molar-refractivity contribution in [3.63, 3.8) is 0 Å². The van der Waals surface area contributed by atoms with E-state index in [1.54, 1.807) is 7.05 Å². The van der Waals surface area contributed by atoms with Gasteiger partial charge in [0.1, 0.15) is 0 Å². The summed E-state index contributed by atoms with van der Waals surface area (Å²) in [7, 11) is -1.51. The van der Waals surface area contributed by atoms with Crippen LogP contribution in [0.4, 0.5) is 0 Å². The predicted octanol–water partition coefficient (Wildman–Crippen LogP) is 2.00. The Labute approximate surface area is 183 Å². The molecule has 0 spiro atoms. The van der Waals surface area contributed by atoms with E-state index in [0.29, 0.717) is 24.5 Å². The number of hydrogen-bond donors (Lipinski definition) is 3. The van der Waals surface area contributed by atoms with E-state index in [1.807, 2.05) is 13.8 Å². The van der Waals surface area contributed by atoms with Crippen LogP contribution >= 0.6 is 24.0 Å². The number of likely N-dealkylation sites (tertiary alicyclic amines) is 1. The Hall–Kier alpha value is -0.130. The molecule has 7 nitrogen and oxygen atoms in total. The lowest BCUT2D eigenvalue weighted by atomic mass is 10.0. The van der Waals surface area contributed by atoms with Crippen LogP contribution in [-0.4, -0.2) is 70.3 Å². The molecule has 0 aromatic rings. The molecule has 27 heavy (non-hydrogen) atoms. The first-order valence-electron chi connectivity index (χ1n) is 9.71. The molecule has 0 amide bonds. The highest BCUT2D eigenvalue weighted by atomic mass is 127. The van der Waals surface area contributed by atoms with E-state index in [0.717, 1.165) is 6.54 Å². The van der Waals surface area contributed by atoms with Crippen LogP contribution in [0.15, 0.2) is 4.99 Å². The maximum absolute atomic E-state index is 11.5. The van der Waals surface area contributed by atoms with Crippen LogP contribution in [0.2, 0.25) is 0 Å². The van der Waals surface area contributed by atoms with Crippen molar-refractivity contribution < 1.29 is 8.42 Å². The van der Waals surface area contributed by atoms with Gasteiger partial charge >= 0.3 is 0 Å². The van der Waals surface area contributed by atoms with Crippen LogP contribution in [0.25, 0.3) is 0 Å². The third-order valence-electron chi connectivity index (χ3n) is 4.74. The van der Waals surface area contributed by atoms with E-state index in [1.165, 1.54) is 45.0 Å². The fraction of sp³-hybridized carbons (Fsp3) is 0.944. The number of nitrogens with one attached hydrogen (secondary N) is 3. The van der Waals surface area contributed by atoms with Gasteiger partial charge in [-0.05, 0) is 45.7 Å². The quantitative estimate of drug-likeness (QED) is 0.261. The monoisotopic (exact) mass is 517 g/mol. The van der Waals surface area contributed by atoms with Gasteiger partial charge in [0.25, 0.3) is 0 Å². The van der Waals surface area contributed by atoms with E-state index in [4.69, 9.17) is 0 Å². The molecule has 1 heterocycles. The third kappa shape index (κ3) is 11.5. The highest BCUT2D eigenvalue weighted by Crippen LogP contribution is 2.17. The maximum Gasteiger partial charge on any atom is 0.209 e. The predicted molar refractivity (Wildman–Crippen MR) is 126 cm³/mol. The molecule has 1 aliphatic heterocycles. The van der Waals surface area contributed by atoms with Gasteiger partial charge in [-0.2, -0.15) is 0 Å². The lowest BCUT2D eigenvalue weighted by molar-refractivity contribution is 0.161. The molecule has 162 valence electrons. The first-order chi connectivity index (χ1) is 12.0. The fourth-order valence-corrected chi connectivity index (χ4v) is 4.55. The zero-order chi connectivity index (χ0) is 19.8. The number of halogens is 1. The average Bonchev–Trinajstić information content (AvgIpc) is 2.77. The summed E-state index contributed by atoms with van der Waals surface area (Å²) in [5, 5.41) is 6.66. The minimum Gasteiger partial charge on any atom is -0.355 e. The van der Waals surface area contributed by atoms with E-state index in [-0.39, 0.29) is 24.0 Å². The van der Waals surface area contributed by atoms with Gasteiger partial charge in [0.15, 0.2) is 5.96 Å². The van der Waals surface area contributed by atoms with E-state index in [2.05, 4.69) is 39.1 Å². The molecule has 1 atom stereocenters. The van der Waals surface area contributed by atoms with Gasteiger partial charge in [0.2, 0.25) is 10.0 Å². The summed E-state index contributed by atoms with van der Waals surface area (Å²) >= 11 is 0. The van der Waals surface area contributed by atoms with E-state index < -0.39 is 15.6 Å². The topological polar surface area (TPSA) is 85.8 Å². The van der Waals surface area contributed by atoms with Crippen molar-refractivity contribution in [1.29, 1.82) is 0 Å². The van der Waals surface area contributed by atoms with Crippen molar-refractivity contribution >= 4 is 40.0 Å². The van der Waals surface area contributed by atoms with Crippen molar-refractivity contribution in [3.8, 4) is 0 Å². The SMILES string of the molecule is CN=C(NCC(C(C)C)N1CCCCCC1)NCC(C)(C)NS(C)(=O)=O.I. The Morgan fingerprint density at radius 2 is 1.67 bits per heavy atom. The minimum absolute atomic E-state index is 0. The van der Waals surface area contributed by atoms with Gasteiger partial charge in [0.05, 0.1) is 6.26 Å². The zero-order valence-electron chi connectivity index (χ0n) is 17.8. The average molecular weight is 518 g/mol. The van der Waals surface area contributed by atoms with Crippen LogP contribution in [0, 0.1) is 5.92 Å². The number of aliphatic imine (C=N–C) groups is 1. The second-order valence-corrected chi connectivity index (χ2v) is 10.1. The molecule has 1 fully saturated rings. The third-order valence-corrected chi connectivity index (χ3v) is 5.66. The smallest absolute Gasteiger partial charge is 0.209 e.